The molecule has 0 aliphatic carbocycles. The lowest BCUT2D eigenvalue weighted by Gasteiger charge is -2.17. The van der Waals surface area contributed by atoms with Gasteiger partial charge in [-0.15, -0.1) is 0 Å². The number of hydrogen-bond donors (Lipinski definition) is 0. The van der Waals surface area contributed by atoms with Crippen molar-refractivity contribution in [3.63, 3.8) is 0 Å². The smallest absolute Gasteiger partial charge is 0.306 e. The van der Waals surface area contributed by atoms with Crippen LogP contribution in [0.1, 0.15) is 23.5 Å². The van der Waals surface area contributed by atoms with E-state index in [4.69, 9.17) is 14.2 Å². The number of carbonyl (C=O) groups excluding carboxylic acids is 1. The minimum Gasteiger partial charge on any atom is -0.469 e. The van der Waals surface area contributed by atoms with Crippen LogP contribution >= 0.6 is 0 Å². The van der Waals surface area contributed by atoms with E-state index in [1.807, 2.05) is 48.5 Å². The van der Waals surface area contributed by atoms with Crippen LogP contribution < -0.4 is 9.47 Å². The third-order valence-corrected chi connectivity index (χ3v) is 3.60. The van der Waals surface area contributed by atoms with Crippen molar-refractivity contribution in [1.29, 1.82) is 0 Å². The van der Waals surface area contributed by atoms with Crippen molar-refractivity contribution in [3.8, 4) is 11.5 Å². The normalized spacial score (nSPS) is 13.8. The Hall–Kier alpha value is -2.49. The standard InChI is InChI=1S/C17H16O4/c1-19-17(18)10-14(12-5-3-2-4-6-12)13-7-8-15-16(9-13)21-11-20-15/h2-9,14H,10-11H2,1H3. The zero-order chi connectivity index (χ0) is 14.7. The lowest BCUT2D eigenvalue weighted by atomic mass is 9.88. The maximum atomic E-state index is 11.7. The van der Waals surface area contributed by atoms with E-state index in [1.165, 1.54) is 7.11 Å². The summed E-state index contributed by atoms with van der Waals surface area (Å²) in [6, 6.07) is 15.7. The molecule has 0 saturated carbocycles. The summed E-state index contributed by atoms with van der Waals surface area (Å²) in [6.45, 7) is 0.242. The van der Waals surface area contributed by atoms with E-state index in [0.717, 1.165) is 22.6 Å². The molecular formula is C17H16O4. The van der Waals surface area contributed by atoms with Crippen LogP contribution in [0.15, 0.2) is 48.5 Å². The topological polar surface area (TPSA) is 44.8 Å². The molecule has 3 rings (SSSR count). The molecule has 0 bridgehead atoms. The molecule has 2 aromatic rings. The van der Waals surface area contributed by atoms with Crippen molar-refractivity contribution < 1.29 is 19.0 Å². The molecule has 0 N–H and O–H groups in total. The molecule has 0 radical (unpaired) electrons. The SMILES string of the molecule is COC(=O)CC(c1ccccc1)c1ccc2c(c1)OCO2. The van der Waals surface area contributed by atoms with E-state index in [0.29, 0.717) is 6.42 Å². The molecule has 1 heterocycles. The van der Waals surface area contributed by atoms with Crippen molar-refractivity contribution >= 4 is 5.97 Å². The Morgan fingerprint density at radius 1 is 1.10 bits per heavy atom. The van der Waals surface area contributed by atoms with E-state index in [2.05, 4.69) is 0 Å². The Bertz CT molecular complexity index is 636. The third-order valence-electron chi connectivity index (χ3n) is 3.60. The van der Waals surface area contributed by atoms with E-state index in [1.54, 1.807) is 0 Å². The molecule has 0 spiro atoms. The summed E-state index contributed by atoms with van der Waals surface area (Å²) < 4.78 is 15.6. The summed E-state index contributed by atoms with van der Waals surface area (Å²) in [6.07, 6.45) is 0.292. The highest BCUT2D eigenvalue weighted by Crippen LogP contribution is 2.37. The molecule has 108 valence electrons. The van der Waals surface area contributed by atoms with Crippen molar-refractivity contribution in [2.75, 3.05) is 13.9 Å². The van der Waals surface area contributed by atoms with Crippen molar-refractivity contribution in [3.05, 3.63) is 59.7 Å². The molecule has 0 aromatic heterocycles. The van der Waals surface area contributed by atoms with Crippen LogP contribution in [0, 0.1) is 0 Å². The van der Waals surface area contributed by atoms with Gasteiger partial charge in [-0.2, -0.15) is 0 Å². The van der Waals surface area contributed by atoms with Crippen molar-refractivity contribution in [2.24, 2.45) is 0 Å². The van der Waals surface area contributed by atoms with Crippen molar-refractivity contribution in [2.45, 2.75) is 12.3 Å². The van der Waals surface area contributed by atoms with Gasteiger partial charge in [-0.1, -0.05) is 36.4 Å². The third kappa shape index (κ3) is 2.84. The maximum Gasteiger partial charge on any atom is 0.306 e. The molecule has 1 atom stereocenters. The lowest BCUT2D eigenvalue weighted by Crippen LogP contribution is -2.10. The summed E-state index contributed by atoms with van der Waals surface area (Å²) in [7, 11) is 1.41. The second-order valence-electron chi connectivity index (χ2n) is 4.86. The van der Waals surface area contributed by atoms with E-state index < -0.39 is 0 Å². The van der Waals surface area contributed by atoms with Gasteiger partial charge in [0.2, 0.25) is 6.79 Å². The first kappa shape index (κ1) is 13.5. The van der Waals surface area contributed by atoms with Gasteiger partial charge in [-0.3, -0.25) is 4.79 Å². The van der Waals surface area contributed by atoms with E-state index in [9.17, 15) is 4.79 Å². The number of fused-ring (bicyclic) bond motifs is 1. The van der Waals surface area contributed by atoms with Crippen LogP contribution in [0.5, 0.6) is 11.5 Å². The second-order valence-corrected chi connectivity index (χ2v) is 4.86. The highest BCUT2D eigenvalue weighted by Gasteiger charge is 2.22. The van der Waals surface area contributed by atoms with Gasteiger partial charge >= 0.3 is 5.97 Å². The highest BCUT2D eigenvalue weighted by atomic mass is 16.7. The van der Waals surface area contributed by atoms with Gasteiger partial charge in [0.25, 0.3) is 0 Å². The first-order chi connectivity index (χ1) is 10.3. The van der Waals surface area contributed by atoms with Crippen LogP contribution in [-0.4, -0.2) is 19.9 Å². The second kappa shape index (κ2) is 5.87. The minimum absolute atomic E-state index is 0.0619. The molecule has 4 heteroatoms. The number of rotatable bonds is 4. The Morgan fingerprint density at radius 3 is 2.62 bits per heavy atom. The molecule has 0 fully saturated rings. The van der Waals surface area contributed by atoms with Gasteiger partial charge in [0, 0.05) is 5.92 Å². The van der Waals surface area contributed by atoms with Gasteiger partial charge in [0.1, 0.15) is 0 Å². The summed E-state index contributed by atoms with van der Waals surface area (Å²) in [5.41, 5.74) is 2.08. The van der Waals surface area contributed by atoms with Gasteiger partial charge in [-0.25, -0.2) is 0 Å². The predicted molar refractivity (Wildman–Crippen MR) is 77.5 cm³/mol. The van der Waals surface area contributed by atoms with Gasteiger partial charge in [0.05, 0.1) is 13.5 Å². The van der Waals surface area contributed by atoms with Crippen LogP contribution in [0.25, 0.3) is 0 Å². The van der Waals surface area contributed by atoms with Gasteiger partial charge < -0.3 is 14.2 Å². The molecular weight excluding hydrogens is 268 g/mol. The minimum atomic E-state index is -0.235. The summed E-state index contributed by atoms with van der Waals surface area (Å²) in [4.78, 5) is 11.7. The summed E-state index contributed by atoms with van der Waals surface area (Å²) in [5, 5.41) is 0. The fourth-order valence-corrected chi connectivity index (χ4v) is 2.49. The molecule has 1 unspecified atom stereocenters. The molecule has 4 nitrogen and oxygen atoms in total. The summed E-state index contributed by atoms with van der Waals surface area (Å²) >= 11 is 0. The Kier molecular flexibility index (Phi) is 3.77. The maximum absolute atomic E-state index is 11.7. The largest absolute Gasteiger partial charge is 0.469 e. The lowest BCUT2D eigenvalue weighted by molar-refractivity contribution is -0.140. The average Bonchev–Trinajstić information content (AvgIpc) is 3.00. The molecule has 1 aliphatic heterocycles. The number of carbonyl (C=O) groups is 1. The number of hydrogen-bond acceptors (Lipinski definition) is 4. The Morgan fingerprint density at radius 2 is 1.86 bits per heavy atom. The van der Waals surface area contributed by atoms with Crippen LogP contribution in [0.4, 0.5) is 0 Å². The number of methoxy groups -OCH3 is 1. The fourth-order valence-electron chi connectivity index (χ4n) is 2.49. The number of benzene rings is 2. The van der Waals surface area contributed by atoms with E-state index in [-0.39, 0.29) is 18.7 Å². The van der Waals surface area contributed by atoms with Gasteiger partial charge in [0.15, 0.2) is 11.5 Å². The predicted octanol–water partition coefficient (Wildman–Crippen LogP) is 3.11. The Balaban J connectivity index is 1.96. The van der Waals surface area contributed by atoms with E-state index >= 15 is 0 Å². The van der Waals surface area contributed by atoms with Crippen LogP contribution in [0.3, 0.4) is 0 Å². The fraction of sp³-hybridized carbons (Fsp3) is 0.235. The first-order valence-electron chi connectivity index (χ1n) is 6.79. The van der Waals surface area contributed by atoms with Crippen molar-refractivity contribution in [1.82, 2.24) is 0 Å². The van der Waals surface area contributed by atoms with Gasteiger partial charge in [-0.05, 0) is 23.3 Å². The molecule has 0 saturated heterocycles. The number of esters is 1. The first-order valence-corrected chi connectivity index (χ1v) is 6.79. The zero-order valence-corrected chi connectivity index (χ0v) is 11.7. The quantitative estimate of drug-likeness (QED) is 0.809. The highest BCUT2D eigenvalue weighted by molar-refractivity contribution is 5.71. The average molecular weight is 284 g/mol. The molecule has 0 amide bonds. The molecule has 2 aromatic carbocycles. The van der Waals surface area contributed by atoms with Crippen LogP contribution in [0.2, 0.25) is 0 Å². The number of ether oxygens (including phenoxy) is 3. The molecule has 1 aliphatic rings. The molecule has 21 heavy (non-hydrogen) atoms. The van der Waals surface area contributed by atoms with Crippen LogP contribution in [-0.2, 0) is 9.53 Å². The zero-order valence-electron chi connectivity index (χ0n) is 11.7. The Labute approximate surface area is 123 Å². The monoisotopic (exact) mass is 284 g/mol. The summed E-state index contributed by atoms with van der Waals surface area (Å²) in [5.74, 6) is 1.16.